The predicted octanol–water partition coefficient (Wildman–Crippen LogP) is 6.15. The Morgan fingerprint density at radius 3 is 2.41 bits per heavy atom. The summed E-state index contributed by atoms with van der Waals surface area (Å²) in [5.74, 6) is 0. The van der Waals surface area contributed by atoms with Gasteiger partial charge in [0.15, 0.2) is 0 Å². The van der Waals surface area contributed by atoms with Crippen LogP contribution >= 0.6 is 0 Å². The Morgan fingerprint density at radius 1 is 0.897 bits per heavy atom. The normalized spacial score (nSPS) is 17.3. The van der Waals surface area contributed by atoms with Gasteiger partial charge < -0.3 is 5.11 Å². The van der Waals surface area contributed by atoms with E-state index in [-0.39, 0.29) is 0 Å². The molecule has 0 spiro atoms. The van der Waals surface area contributed by atoms with Crippen LogP contribution in [0.2, 0.25) is 0 Å². The van der Waals surface area contributed by atoms with Crippen LogP contribution in [0.1, 0.15) is 47.7 Å². The van der Waals surface area contributed by atoms with Crippen molar-refractivity contribution >= 4 is 10.9 Å². The van der Waals surface area contributed by atoms with Gasteiger partial charge in [-0.15, -0.1) is 0 Å². The van der Waals surface area contributed by atoms with E-state index in [0.29, 0.717) is 0 Å². The second kappa shape index (κ2) is 6.82. The van der Waals surface area contributed by atoms with Crippen molar-refractivity contribution in [2.45, 2.75) is 38.7 Å². The Labute approximate surface area is 171 Å². The lowest BCUT2D eigenvalue weighted by Crippen LogP contribution is -2.26. The second-order valence-electron chi connectivity index (χ2n) is 8.05. The van der Waals surface area contributed by atoms with Gasteiger partial charge in [-0.1, -0.05) is 85.6 Å². The largest absolute Gasteiger partial charge is 0.376 e. The van der Waals surface area contributed by atoms with Crippen LogP contribution in [0, 0.1) is 6.92 Å². The molecule has 4 aromatic rings. The molecule has 2 heteroatoms. The second-order valence-corrected chi connectivity index (χ2v) is 8.05. The lowest BCUT2D eigenvalue weighted by Gasteiger charge is -2.28. The summed E-state index contributed by atoms with van der Waals surface area (Å²) < 4.78 is 0. The van der Waals surface area contributed by atoms with Crippen LogP contribution in [-0.4, -0.2) is 10.1 Å². The summed E-state index contributed by atoms with van der Waals surface area (Å²) in [6.07, 6.45) is 3.12. The number of nitrogens with zero attached hydrogens (tertiary/aromatic N) is 1. The number of hydrogen-bond donors (Lipinski definition) is 1. The average Bonchev–Trinajstić information content (AvgIpc) is 3.03. The Morgan fingerprint density at radius 2 is 1.62 bits per heavy atom. The molecule has 1 atom stereocenters. The number of para-hydroxylation sites is 1. The first kappa shape index (κ1) is 18.1. The smallest absolute Gasteiger partial charge is 0.142 e. The van der Waals surface area contributed by atoms with E-state index in [2.05, 4.69) is 68.4 Å². The van der Waals surface area contributed by atoms with E-state index in [1.807, 2.05) is 18.2 Å². The third kappa shape index (κ3) is 2.63. The molecule has 0 radical (unpaired) electrons. The Balaban J connectivity index is 1.91. The monoisotopic (exact) mass is 379 g/mol. The number of aromatic nitrogens is 1. The van der Waals surface area contributed by atoms with Crippen molar-refractivity contribution in [1.82, 2.24) is 4.98 Å². The SMILES string of the molecule is CCCCc1nc2ccccc2c2c1-c1ccccc1C2(O)c1ccc(C)cc1. The highest BCUT2D eigenvalue weighted by Crippen LogP contribution is 2.54. The summed E-state index contributed by atoms with van der Waals surface area (Å²) in [5.41, 5.74) is 7.13. The number of benzene rings is 3. The van der Waals surface area contributed by atoms with Gasteiger partial charge in [0, 0.05) is 27.8 Å². The van der Waals surface area contributed by atoms with Gasteiger partial charge >= 0.3 is 0 Å². The van der Waals surface area contributed by atoms with E-state index in [1.54, 1.807) is 0 Å². The van der Waals surface area contributed by atoms with Crippen molar-refractivity contribution in [2.24, 2.45) is 0 Å². The van der Waals surface area contributed by atoms with Crippen LogP contribution in [0.4, 0.5) is 0 Å². The molecule has 1 aliphatic rings. The van der Waals surface area contributed by atoms with Crippen LogP contribution in [-0.2, 0) is 12.0 Å². The third-order valence-electron chi connectivity index (χ3n) is 6.15. The molecule has 1 aliphatic carbocycles. The number of unbranched alkanes of at least 4 members (excludes halogenated alkanes) is 1. The van der Waals surface area contributed by atoms with Crippen molar-refractivity contribution in [2.75, 3.05) is 0 Å². The first-order valence-corrected chi connectivity index (χ1v) is 10.5. The minimum atomic E-state index is -1.18. The van der Waals surface area contributed by atoms with Crippen LogP contribution in [0.15, 0.2) is 72.8 Å². The molecular weight excluding hydrogens is 354 g/mol. The summed E-state index contributed by atoms with van der Waals surface area (Å²) in [6.45, 7) is 4.28. The van der Waals surface area contributed by atoms with E-state index >= 15 is 0 Å². The van der Waals surface area contributed by atoms with Crippen molar-refractivity contribution in [1.29, 1.82) is 0 Å². The molecule has 1 heterocycles. The maximum Gasteiger partial charge on any atom is 0.142 e. The zero-order valence-electron chi connectivity index (χ0n) is 16.9. The maximum absolute atomic E-state index is 12.4. The van der Waals surface area contributed by atoms with Gasteiger partial charge in [0.25, 0.3) is 0 Å². The van der Waals surface area contributed by atoms with Gasteiger partial charge in [-0.2, -0.15) is 0 Å². The number of rotatable bonds is 4. The molecule has 144 valence electrons. The molecule has 2 nitrogen and oxygen atoms in total. The highest BCUT2D eigenvalue weighted by atomic mass is 16.3. The van der Waals surface area contributed by atoms with Gasteiger partial charge in [-0.05, 0) is 37.0 Å². The van der Waals surface area contributed by atoms with Gasteiger partial charge in [0.05, 0.1) is 5.52 Å². The molecule has 0 amide bonds. The standard InChI is InChI=1S/C27H25NO/c1-3-4-12-24-25-20-9-5-7-11-22(20)27(29,19-16-14-18(2)15-17-19)26(25)21-10-6-8-13-23(21)28-24/h5-11,13-17,29H,3-4,12H2,1-2H3. The lowest BCUT2D eigenvalue weighted by molar-refractivity contribution is 0.132. The molecule has 1 aromatic heterocycles. The van der Waals surface area contributed by atoms with E-state index in [1.165, 1.54) is 5.56 Å². The topological polar surface area (TPSA) is 33.1 Å². The number of aliphatic hydroxyl groups is 1. The Bertz CT molecular complexity index is 1210. The Kier molecular flexibility index (Phi) is 4.25. The summed E-state index contributed by atoms with van der Waals surface area (Å²) in [7, 11) is 0. The molecule has 0 aliphatic heterocycles. The molecular formula is C27H25NO. The molecule has 1 unspecified atom stereocenters. The van der Waals surface area contributed by atoms with Crippen molar-refractivity contribution in [3.05, 3.63) is 101 Å². The minimum Gasteiger partial charge on any atom is -0.376 e. The van der Waals surface area contributed by atoms with Gasteiger partial charge in [-0.25, -0.2) is 0 Å². The molecule has 29 heavy (non-hydrogen) atoms. The summed E-state index contributed by atoms with van der Waals surface area (Å²) in [5, 5.41) is 13.4. The van der Waals surface area contributed by atoms with Crippen LogP contribution in [0.5, 0.6) is 0 Å². The number of hydrogen-bond acceptors (Lipinski definition) is 2. The van der Waals surface area contributed by atoms with Crippen molar-refractivity contribution in [3.63, 3.8) is 0 Å². The summed E-state index contributed by atoms with van der Waals surface area (Å²) in [6, 6.07) is 24.8. The fourth-order valence-electron chi connectivity index (χ4n) is 4.70. The maximum atomic E-state index is 12.4. The fraction of sp³-hybridized carbons (Fsp3) is 0.222. The molecule has 1 N–H and O–H groups in total. The van der Waals surface area contributed by atoms with E-state index in [9.17, 15) is 5.11 Å². The molecule has 0 saturated heterocycles. The molecule has 0 saturated carbocycles. The van der Waals surface area contributed by atoms with Gasteiger partial charge in [0.2, 0.25) is 0 Å². The van der Waals surface area contributed by atoms with E-state index < -0.39 is 5.60 Å². The minimum absolute atomic E-state index is 0.909. The first-order chi connectivity index (χ1) is 14.1. The Hall–Kier alpha value is -2.97. The van der Waals surface area contributed by atoms with E-state index in [0.717, 1.165) is 63.7 Å². The first-order valence-electron chi connectivity index (χ1n) is 10.5. The highest BCUT2D eigenvalue weighted by Gasteiger charge is 2.45. The number of fused-ring (bicyclic) bond motifs is 5. The van der Waals surface area contributed by atoms with Gasteiger partial charge in [0.1, 0.15) is 5.60 Å². The zero-order chi connectivity index (χ0) is 20.0. The number of pyridine rings is 1. The van der Waals surface area contributed by atoms with Crippen molar-refractivity contribution < 1.29 is 5.11 Å². The highest BCUT2D eigenvalue weighted by molar-refractivity contribution is 5.97. The summed E-state index contributed by atoms with van der Waals surface area (Å²) in [4.78, 5) is 5.05. The number of aryl methyl sites for hydroxylation is 2. The lowest BCUT2D eigenvalue weighted by atomic mass is 9.82. The average molecular weight is 380 g/mol. The molecule has 3 aromatic carbocycles. The van der Waals surface area contributed by atoms with Crippen molar-refractivity contribution in [3.8, 4) is 11.1 Å². The van der Waals surface area contributed by atoms with Gasteiger partial charge in [-0.3, -0.25) is 4.98 Å². The van der Waals surface area contributed by atoms with E-state index in [4.69, 9.17) is 4.98 Å². The van der Waals surface area contributed by atoms with Crippen LogP contribution in [0.25, 0.3) is 22.0 Å². The molecule has 0 bridgehead atoms. The fourth-order valence-corrected chi connectivity index (χ4v) is 4.70. The molecule has 5 rings (SSSR count). The quantitative estimate of drug-likeness (QED) is 0.461. The van der Waals surface area contributed by atoms with Crippen LogP contribution in [0.3, 0.4) is 0 Å². The predicted molar refractivity (Wildman–Crippen MR) is 119 cm³/mol. The molecule has 0 fully saturated rings. The summed E-state index contributed by atoms with van der Waals surface area (Å²) >= 11 is 0. The van der Waals surface area contributed by atoms with Crippen LogP contribution < -0.4 is 0 Å². The zero-order valence-corrected chi connectivity index (χ0v) is 16.9. The third-order valence-corrected chi connectivity index (χ3v) is 6.15.